The predicted octanol–water partition coefficient (Wildman–Crippen LogP) is 7.85. The maximum Gasteiger partial charge on any atom is 0.314 e. The van der Waals surface area contributed by atoms with Crippen molar-refractivity contribution in [2.45, 2.75) is 139 Å². The summed E-state index contributed by atoms with van der Waals surface area (Å²) in [6, 6.07) is 0. The zero-order chi connectivity index (χ0) is 32.8. The predicted molar refractivity (Wildman–Crippen MR) is 172 cm³/mol. The van der Waals surface area contributed by atoms with Crippen LogP contribution in [-0.4, -0.2) is 49.9 Å². The van der Waals surface area contributed by atoms with Gasteiger partial charge >= 0.3 is 11.9 Å². The molecule has 4 saturated carbocycles. The van der Waals surface area contributed by atoms with Crippen molar-refractivity contribution >= 4 is 11.9 Å². The van der Waals surface area contributed by atoms with E-state index in [9.17, 15) is 9.59 Å². The molecule has 0 aromatic carbocycles. The molecule has 0 bridgehead atoms. The summed E-state index contributed by atoms with van der Waals surface area (Å²) in [7, 11) is 0. The van der Waals surface area contributed by atoms with Crippen LogP contribution in [0.15, 0.2) is 11.6 Å². The Morgan fingerprint density at radius 2 is 1.69 bits per heavy atom. The standard InChI is InChI=1S/C38H60O7/c1-11-41-22-42-32(40)38-17-14-23(2)24(3)30(38)26-12-13-29-34(7)20-27(44-25(4)39)31-35(8,21-43-33(5,6)45-31)28(34)15-16-37(29,10)36(26,9)18-19-38/h12,23-24,27-31H,11,13-22H2,1-10H3/t23-,24+,27-,28?,29-,30+,31?,34+,35?,36-,37-,38+/m1/s1. The van der Waals surface area contributed by atoms with E-state index >= 15 is 0 Å². The number of rotatable bonds is 5. The maximum atomic E-state index is 14.0. The van der Waals surface area contributed by atoms with Gasteiger partial charge in [0.1, 0.15) is 12.2 Å². The van der Waals surface area contributed by atoms with Gasteiger partial charge in [-0.3, -0.25) is 9.59 Å². The molecule has 1 heterocycles. The molecule has 0 spiro atoms. The lowest BCUT2D eigenvalue weighted by molar-refractivity contribution is -0.369. The SMILES string of the molecule is CCOCOC(=O)[C@]12CC[C@@H](C)[C@H](C)[C@H]1C1=CC[C@@H]3[C@@]4(C)C[C@@H](OC(C)=O)C5OC(C)(C)OCC5(C)C4CC[C@@]3(C)[C@]1(C)CC2. The Labute approximate surface area is 271 Å². The minimum atomic E-state index is -0.707. The second-order valence-electron chi connectivity index (χ2n) is 17.4. The molecular formula is C38H60O7. The number of carbonyl (C=O) groups excluding carboxylic acids is 2. The minimum Gasteiger partial charge on any atom is -0.460 e. The summed E-state index contributed by atoms with van der Waals surface area (Å²) in [4.78, 5) is 26.5. The zero-order valence-corrected chi connectivity index (χ0v) is 29.8. The monoisotopic (exact) mass is 628 g/mol. The fourth-order valence-electron chi connectivity index (χ4n) is 12.4. The topological polar surface area (TPSA) is 80.3 Å². The molecule has 1 saturated heterocycles. The highest BCUT2D eigenvalue weighted by Crippen LogP contribution is 2.76. The molecule has 12 atom stereocenters. The summed E-state index contributed by atoms with van der Waals surface area (Å²) in [5, 5.41) is 0. The maximum absolute atomic E-state index is 14.0. The lowest BCUT2D eigenvalue weighted by Gasteiger charge is -2.72. The Morgan fingerprint density at radius 3 is 2.38 bits per heavy atom. The second kappa shape index (κ2) is 11.1. The summed E-state index contributed by atoms with van der Waals surface area (Å²) < 4.78 is 30.5. The average molecular weight is 629 g/mol. The van der Waals surface area contributed by atoms with Crippen molar-refractivity contribution in [1.82, 2.24) is 0 Å². The van der Waals surface area contributed by atoms with Crippen molar-refractivity contribution in [3.63, 3.8) is 0 Å². The number of carbonyl (C=O) groups is 2. The van der Waals surface area contributed by atoms with Gasteiger partial charge in [0.25, 0.3) is 0 Å². The Morgan fingerprint density at radius 1 is 0.956 bits per heavy atom. The number of allylic oxidation sites excluding steroid dienone is 2. The molecule has 45 heavy (non-hydrogen) atoms. The molecule has 0 radical (unpaired) electrons. The first-order valence-corrected chi connectivity index (χ1v) is 17.9. The molecule has 0 aromatic rings. The van der Waals surface area contributed by atoms with Crippen molar-refractivity contribution in [3.05, 3.63) is 11.6 Å². The minimum absolute atomic E-state index is 0.0280. The molecule has 1 aliphatic heterocycles. The van der Waals surface area contributed by atoms with Gasteiger partial charge in [-0.1, -0.05) is 53.2 Å². The van der Waals surface area contributed by atoms with Crippen LogP contribution >= 0.6 is 0 Å². The van der Waals surface area contributed by atoms with Crippen molar-refractivity contribution in [2.75, 3.05) is 20.0 Å². The summed E-state index contributed by atoms with van der Waals surface area (Å²) in [5.41, 5.74) is 0.740. The van der Waals surface area contributed by atoms with Gasteiger partial charge < -0.3 is 23.7 Å². The average Bonchev–Trinajstić information content (AvgIpc) is 2.96. The molecule has 7 nitrogen and oxygen atoms in total. The van der Waals surface area contributed by atoms with E-state index in [-0.39, 0.29) is 58.5 Å². The summed E-state index contributed by atoms with van der Waals surface area (Å²) >= 11 is 0. The first kappa shape index (κ1) is 33.5. The van der Waals surface area contributed by atoms with Crippen LogP contribution < -0.4 is 0 Å². The van der Waals surface area contributed by atoms with Crippen LogP contribution in [0.4, 0.5) is 0 Å². The van der Waals surface area contributed by atoms with Crippen molar-refractivity contribution in [2.24, 2.45) is 56.7 Å². The molecule has 7 heteroatoms. The Kier molecular flexibility index (Phi) is 8.22. The molecule has 6 aliphatic rings. The van der Waals surface area contributed by atoms with Gasteiger partial charge in [0.15, 0.2) is 12.6 Å². The zero-order valence-electron chi connectivity index (χ0n) is 29.8. The highest BCUT2D eigenvalue weighted by Gasteiger charge is 2.72. The molecular weight excluding hydrogens is 568 g/mol. The third-order valence-corrected chi connectivity index (χ3v) is 15.0. The van der Waals surface area contributed by atoms with Gasteiger partial charge in [0.2, 0.25) is 0 Å². The third kappa shape index (κ3) is 4.74. The number of esters is 2. The molecule has 3 unspecified atom stereocenters. The van der Waals surface area contributed by atoms with Crippen molar-refractivity contribution in [1.29, 1.82) is 0 Å². The van der Waals surface area contributed by atoms with Crippen LogP contribution in [0.1, 0.15) is 121 Å². The number of ether oxygens (including phenoxy) is 5. The van der Waals surface area contributed by atoms with Gasteiger partial charge in [-0.2, -0.15) is 0 Å². The Balaban J connectivity index is 1.40. The largest absolute Gasteiger partial charge is 0.460 e. The lowest BCUT2D eigenvalue weighted by atomic mass is 9.33. The molecule has 0 amide bonds. The van der Waals surface area contributed by atoms with Gasteiger partial charge in [-0.25, -0.2) is 0 Å². The van der Waals surface area contributed by atoms with Gasteiger partial charge in [0.05, 0.1) is 12.0 Å². The van der Waals surface area contributed by atoms with E-state index in [0.29, 0.717) is 36.9 Å². The van der Waals surface area contributed by atoms with E-state index in [1.165, 1.54) is 12.5 Å². The second-order valence-corrected chi connectivity index (χ2v) is 17.4. The number of hydrogen-bond acceptors (Lipinski definition) is 7. The summed E-state index contributed by atoms with van der Waals surface area (Å²) in [5.74, 6) is 0.939. The Bertz CT molecular complexity index is 1230. The Hall–Kier alpha value is -1.44. The fraction of sp³-hybridized carbons (Fsp3) is 0.895. The van der Waals surface area contributed by atoms with E-state index in [1.807, 2.05) is 20.8 Å². The van der Waals surface area contributed by atoms with E-state index in [4.69, 9.17) is 23.7 Å². The molecule has 6 rings (SSSR count). The van der Waals surface area contributed by atoms with E-state index < -0.39 is 11.2 Å². The van der Waals surface area contributed by atoms with Crippen LogP contribution in [0.2, 0.25) is 0 Å². The first-order valence-electron chi connectivity index (χ1n) is 17.9. The highest BCUT2D eigenvalue weighted by molar-refractivity contribution is 5.78. The third-order valence-electron chi connectivity index (χ3n) is 15.0. The van der Waals surface area contributed by atoms with Crippen LogP contribution in [0.3, 0.4) is 0 Å². The van der Waals surface area contributed by atoms with E-state index in [1.54, 1.807) is 0 Å². The van der Waals surface area contributed by atoms with E-state index in [2.05, 4.69) is 47.6 Å². The smallest absolute Gasteiger partial charge is 0.314 e. The normalized spacial score (nSPS) is 50.0. The van der Waals surface area contributed by atoms with Gasteiger partial charge in [-0.05, 0) is 118 Å². The van der Waals surface area contributed by atoms with Crippen molar-refractivity contribution in [3.8, 4) is 0 Å². The van der Waals surface area contributed by atoms with Gasteiger partial charge in [-0.15, -0.1) is 0 Å². The van der Waals surface area contributed by atoms with Gasteiger partial charge in [0, 0.05) is 18.9 Å². The fourth-order valence-corrected chi connectivity index (χ4v) is 12.4. The lowest BCUT2D eigenvalue weighted by Crippen LogP contribution is -2.71. The molecule has 0 aromatic heterocycles. The molecule has 254 valence electrons. The van der Waals surface area contributed by atoms with Crippen LogP contribution in [0.5, 0.6) is 0 Å². The summed E-state index contributed by atoms with van der Waals surface area (Å²) in [6.07, 6.45) is 9.89. The summed E-state index contributed by atoms with van der Waals surface area (Å²) in [6.45, 7) is 23.2. The molecule has 5 fully saturated rings. The first-order chi connectivity index (χ1) is 21.0. The van der Waals surface area contributed by atoms with Crippen LogP contribution in [-0.2, 0) is 33.3 Å². The number of hydrogen-bond donors (Lipinski definition) is 0. The van der Waals surface area contributed by atoms with Crippen LogP contribution in [0, 0.1) is 56.7 Å². The highest BCUT2D eigenvalue weighted by atomic mass is 16.7. The molecule has 0 N–H and O–H groups in total. The quantitative estimate of drug-likeness (QED) is 0.133. The van der Waals surface area contributed by atoms with Crippen LogP contribution in [0.25, 0.3) is 0 Å². The number of fused-ring (bicyclic) bond motifs is 9. The van der Waals surface area contributed by atoms with Crippen molar-refractivity contribution < 1.29 is 33.3 Å². The van der Waals surface area contributed by atoms with E-state index in [0.717, 1.165) is 51.4 Å². The molecule has 5 aliphatic carbocycles.